The molecule has 0 spiro atoms. The highest BCUT2D eigenvalue weighted by atomic mass is 16.5. The molecular weight excluding hydrogens is 258 g/mol. The summed E-state index contributed by atoms with van der Waals surface area (Å²) in [6.45, 7) is 2.05. The molecule has 2 nitrogen and oxygen atoms in total. The molecule has 0 N–H and O–H groups in total. The van der Waals surface area contributed by atoms with E-state index in [1.165, 1.54) is 24.9 Å². The molecule has 3 aliphatic heterocycles. The quantitative estimate of drug-likeness (QED) is 0.727. The van der Waals surface area contributed by atoms with Crippen LogP contribution in [0.4, 0.5) is 0 Å². The van der Waals surface area contributed by atoms with Gasteiger partial charge in [-0.1, -0.05) is 42.5 Å². The lowest BCUT2D eigenvalue weighted by Gasteiger charge is -2.38. The maximum absolute atomic E-state index is 6.00. The molecule has 0 saturated carbocycles. The predicted octanol–water partition coefficient (Wildman–Crippen LogP) is 3.74. The molecule has 5 rings (SSSR count). The molecule has 0 unspecified atom stereocenters. The monoisotopic (exact) mass is 277 g/mol. The fraction of sp³-hybridized carbons (Fsp3) is 0.368. The number of fused-ring (bicyclic) bond motifs is 7. The smallest absolute Gasteiger partial charge is 0.124 e. The summed E-state index contributed by atoms with van der Waals surface area (Å²) in [6.07, 6.45) is 2.41. The molecule has 3 atom stereocenters. The third kappa shape index (κ3) is 1.63. The molecule has 1 saturated heterocycles. The van der Waals surface area contributed by atoms with Crippen LogP contribution in [0.3, 0.4) is 0 Å². The molecule has 0 bridgehead atoms. The number of benzene rings is 2. The zero-order valence-corrected chi connectivity index (χ0v) is 12.0. The van der Waals surface area contributed by atoms with Crippen molar-refractivity contribution < 1.29 is 4.74 Å². The van der Waals surface area contributed by atoms with Gasteiger partial charge in [-0.05, 0) is 30.0 Å². The van der Waals surface area contributed by atoms with E-state index in [0.29, 0.717) is 18.0 Å². The van der Waals surface area contributed by atoms with Gasteiger partial charge in [0.1, 0.15) is 5.75 Å². The van der Waals surface area contributed by atoms with E-state index in [2.05, 4.69) is 53.4 Å². The minimum Gasteiger partial charge on any atom is -0.493 e. The number of rotatable bonds is 0. The van der Waals surface area contributed by atoms with Gasteiger partial charge < -0.3 is 4.74 Å². The van der Waals surface area contributed by atoms with Crippen LogP contribution < -0.4 is 4.74 Å². The Labute approximate surface area is 125 Å². The van der Waals surface area contributed by atoms with Crippen LogP contribution in [0.5, 0.6) is 5.75 Å². The molecule has 2 aromatic carbocycles. The highest BCUT2D eigenvalue weighted by molar-refractivity contribution is 5.41. The third-order valence-electron chi connectivity index (χ3n) is 5.47. The molecule has 0 radical (unpaired) electrons. The van der Waals surface area contributed by atoms with Crippen LogP contribution in [0.1, 0.15) is 35.2 Å². The van der Waals surface area contributed by atoms with Crippen molar-refractivity contribution in [1.82, 2.24) is 4.90 Å². The van der Waals surface area contributed by atoms with E-state index < -0.39 is 0 Å². The van der Waals surface area contributed by atoms with Gasteiger partial charge in [0.25, 0.3) is 0 Å². The van der Waals surface area contributed by atoms with Gasteiger partial charge in [0.2, 0.25) is 0 Å². The van der Waals surface area contributed by atoms with Gasteiger partial charge in [0.05, 0.1) is 6.61 Å². The summed E-state index contributed by atoms with van der Waals surface area (Å²) in [4.78, 5) is 2.73. The summed E-state index contributed by atoms with van der Waals surface area (Å²) in [5.41, 5.74) is 4.50. The average molecular weight is 277 g/mol. The van der Waals surface area contributed by atoms with Gasteiger partial charge >= 0.3 is 0 Å². The predicted molar refractivity (Wildman–Crippen MR) is 82.4 cm³/mol. The van der Waals surface area contributed by atoms with Crippen molar-refractivity contribution in [3.8, 4) is 5.75 Å². The van der Waals surface area contributed by atoms with Crippen molar-refractivity contribution in [2.75, 3.05) is 13.2 Å². The minimum atomic E-state index is 0.549. The van der Waals surface area contributed by atoms with E-state index in [4.69, 9.17) is 4.74 Å². The van der Waals surface area contributed by atoms with Crippen LogP contribution in [0.25, 0.3) is 0 Å². The second-order valence-corrected chi connectivity index (χ2v) is 6.49. The fourth-order valence-corrected chi connectivity index (χ4v) is 4.60. The van der Waals surface area contributed by atoms with Gasteiger partial charge in [-0.25, -0.2) is 0 Å². The highest BCUT2D eigenvalue weighted by Gasteiger charge is 2.47. The topological polar surface area (TPSA) is 12.5 Å². The molecule has 3 aliphatic rings. The van der Waals surface area contributed by atoms with Crippen molar-refractivity contribution >= 4 is 0 Å². The first kappa shape index (κ1) is 11.8. The maximum atomic E-state index is 6.00. The van der Waals surface area contributed by atoms with E-state index in [9.17, 15) is 0 Å². The standard InChI is InChI=1S/C19H19NO/c1-2-6-15-13(5-1)9-10-20-17(15)11-14-12-21-18-8-4-3-7-16(18)19(14)20/h1-8,14,17,19H,9-12H2/t14-,17+,19-/m0/s1. The average Bonchev–Trinajstić information content (AvgIpc) is 2.94. The van der Waals surface area contributed by atoms with Gasteiger partial charge in [-0.3, -0.25) is 4.90 Å². The number of para-hydroxylation sites is 1. The minimum absolute atomic E-state index is 0.549. The first-order valence-corrected chi connectivity index (χ1v) is 7.97. The van der Waals surface area contributed by atoms with Crippen LogP contribution >= 0.6 is 0 Å². The second-order valence-electron chi connectivity index (χ2n) is 6.49. The van der Waals surface area contributed by atoms with Gasteiger partial charge in [0.15, 0.2) is 0 Å². The van der Waals surface area contributed by atoms with Crippen molar-refractivity contribution in [3.63, 3.8) is 0 Å². The Bertz CT molecular complexity index is 695. The molecule has 0 aliphatic carbocycles. The van der Waals surface area contributed by atoms with E-state index in [1.807, 2.05) is 0 Å². The van der Waals surface area contributed by atoms with Crippen molar-refractivity contribution in [3.05, 3.63) is 65.2 Å². The number of nitrogens with zero attached hydrogens (tertiary/aromatic N) is 1. The number of ether oxygens (including phenoxy) is 1. The first-order valence-electron chi connectivity index (χ1n) is 7.97. The van der Waals surface area contributed by atoms with Crippen LogP contribution in [-0.4, -0.2) is 18.1 Å². The largest absolute Gasteiger partial charge is 0.493 e. The number of hydrogen-bond donors (Lipinski definition) is 0. The van der Waals surface area contributed by atoms with Crippen LogP contribution in [0.2, 0.25) is 0 Å². The molecule has 21 heavy (non-hydrogen) atoms. The molecule has 3 heterocycles. The van der Waals surface area contributed by atoms with Crippen LogP contribution in [-0.2, 0) is 6.42 Å². The first-order chi connectivity index (χ1) is 10.4. The van der Waals surface area contributed by atoms with E-state index in [0.717, 1.165) is 12.4 Å². The summed E-state index contributed by atoms with van der Waals surface area (Å²) >= 11 is 0. The molecule has 0 aromatic heterocycles. The Morgan fingerprint density at radius 2 is 1.76 bits per heavy atom. The second kappa shape index (κ2) is 4.35. The van der Waals surface area contributed by atoms with Crippen molar-refractivity contribution in [2.45, 2.75) is 24.9 Å². The van der Waals surface area contributed by atoms with Gasteiger partial charge in [0, 0.05) is 30.1 Å². The third-order valence-corrected chi connectivity index (χ3v) is 5.47. The van der Waals surface area contributed by atoms with Crippen LogP contribution in [0, 0.1) is 5.92 Å². The van der Waals surface area contributed by atoms with Crippen LogP contribution in [0.15, 0.2) is 48.5 Å². The highest BCUT2D eigenvalue weighted by Crippen LogP contribution is 2.53. The fourth-order valence-electron chi connectivity index (χ4n) is 4.60. The number of hydrogen-bond acceptors (Lipinski definition) is 2. The Morgan fingerprint density at radius 1 is 0.952 bits per heavy atom. The normalized spacial score (nSPS) is 29.8. The summed E-state index contributed by atoms with van der Waals surface area (Å²) in [6, 6.07) is 18.7. The summed E-state index contributed by atoms with van der Waals surface area (Å²) in [7, 11) is 0. The molecule has 2 heteroatoms. The van der Waals surface area contributed by atoms with E-state index in [1.54, 1.807) is 11.1 Å². The zero-order valence-electron chi connectivity index (χ0n) is 12.0. The lowest BCUT2D eigenvalue weighted by molar-refractivity contribution is 0.128. The molecule has 106 valence electrons. The van der Waals surface area contributed by atoms with Gasteiger partial charge in [-0.2, -0.15) is 0 Å². The van der Waals surface area contributed by atoms with E-state index >= 15 is 0 Å². The Hall–Kier alpha value is -1.80. The zero-order chi connectivity index (χ0) is 13.8. The van der Waals surface area contributed by atoms with E-state index in [-0.39, 0.29) is 0 Å². The lowest BCUT2D eigenvalue weighted by atomic mass is 9.90. The summed E-state index contributed by atoms with van der Waals surface area (Å²) in [5, 5.41) is 0. The SMILES string of the molecule is c1ccc2c(c1)CCN1[C@@H]2C[C@H]2COc3ccccc3[C@H]21. The Morgan fingerprint density at radius 3 is 2.71 bits per heavy atom. The Balaban J connectivity index is 1.60. The van der Waals surface area contributed by atoms with Crippen molar-refractivity contribution in [1.29, 1.82) is 0 Å². The molecule has 2 aromatic rings. The molecular formula is C19H19NO. The van der Waals surface area contributed by atoms with Gasteiger partial charge in [-0.15, -0.1) is 0 Å². The van der Waals surface area contributed by atoms with Crippen molar-refractivity contribution in [2.24, 2.45) is 5.92 Å². The molecule has 0 amide bonds. The lowest BCUT2D eigenvalue weighted by Crippen LogP contribution is -2.35. The Kier molecular flexibility index (Phi) is 2.45. The molecule has 1 fully saturated rings. The maximum Gasteiger partial charge on any atom is 0.124 e. The summed E-state index contributed by atoms with van der Waals surface area (Å²) in [5.74, 6) is 1.73. The summed E-state index contributed by atoms with van der Waals surface area (Å²) < 4.78 is 6.00.